The maximum atomic E-state index is 2.44. The summed E-state index contributed by atoms with van der Waals surface area (Å²) in [4.78, 5) is 0. The zero-order valence-electron chi connectivity index (χ0n) is 5.49. The topological polar surface area (TPSA) is 0 Å². The second-order valence-corrected chi connectivity index (χ2v) is 17.1. The van der Waals surface area contributed by atoms with Crippen LogP contribution in [0.25, 0.3) is 0 Å². The molecule has 0 aliphatic heterocycles. The van der Waals surface area contributed by atoms with Crippen molar-refractivity contribution in [2.75, 3.05) is 0 Å². The first-order chi connectivity index (χ1) is 3.06. The zero-order valence-corrected chi connectivity index (χ0v) is 8.91. The van der Waals surface area contributed by atoms with Crippen molar-refractivity contribution in [3.8, 4) is 0 Å². The van der Waals surface area contributed by atoms with Crippen LogP contribution in [0.15, 0.2) is 0 Å². The molecule has 2 heteroatoms. The first-order valence-corrected chi connectivity index (χ1v) is 9.77. The molecule has 1 atom stereocenters. The quantitative estimate of drug-likeness (QED) is 0.558. The van der Waals surface area contributed by atoms with Crippen LogP contribution in [0.1, 0.15) is 13.3 Å². The molecule has 0 aliphatic carbocycles. The summed E-state index contributed by atoms with van der Waals surface area (Å²) in [6, 6.07) is 1.51. The van der Waals surface area contributed by atoms with Gasteiger partial charge in [0.05, 0.1) is 0 Å². The summed E-state index contributed by atoms with van der Waals surface area (Å²) in [6.07, 6.45) is 1.39. The Morgan fingerprint density at radius 2 is 1.86 bits per heavy atom. The van der Waals surface area contributed by atoms with Crippen LogP contribution in [0.4, 0.5) is 0 Å². The molecule has 0 spiro atoms. The molecule has 0 N–H and O–H groups in total. The molecule has 0 saturated heterocycles. The van der Waals surface area contributed by atoms with E-state index in [0.29, 0.717) is 0 Å². The Hall–Kier alpha value is 0.775. The predicted octanol–water partition coefficient (Wildman–Crippen LogP) is 1.23. The third kappa shape index (κ3) is 6.78. The Labute approximate surface area is 55.6 Å². The van der Waals surface area contributed by atoms with Crippen molar-refractivity contribution in [1.29, 1.82) is 0 Å². The van der Waals surface area contributed by atoms with Crippen LogP contribution in [0.5, 0.6) is 0 Å². The molecule has 0 amide bonds. The van der Waals surface area contributed by atoms with Gasteiger partial charge in [0.25, 0.3) is 0 Å². The second kappa shape index (κ2) is 2.93. The number of hydrogen-bond donors (Lipinski definition) is 0. The maximum absolute atomic E-state index is 2.44. The van der Waals surface area contributed by atoms with E-state index in [2.05, 4.69) is 20.0 Å². The monoisotopic (exact) mass is 178 g/mol. The Bertz CT molecular complexity index is 46.5. The average molecular weight is 178 g/mol. The van der Waals surface area contributed by atoms with Gasteiger partial charge in [-0.25, -0.2) is 0 Å². The van der Waals surface area contributed by atoms with Crippen LogP contribution >= 0.6 is 0 Å². The fourth-order valence-corrected chi connectivity index (χ4v) is 3.75. The molecule has 0 bridgehead atoms. The van der Waals surface area contributed by atoms with Crippen LogP contribution in [-0.2, 0) is 0 Å². The van der Waals surface area contributed by atoms with Crippen molar-refractivity contribution in [2.45, 2.75) is 32.5 Å². The molecule has 0 radical (unpaired) electrons. The van der Waals surface area contributed by atoms with Gasteiger partial charge in [0, 0.05) is 0 Å². The molecule has 0 aromatic carbocycles. The van der Waals surface area contributed by atoms with E-state index in [0.717, 1.165) is 0 Å². The molecule has 7 heavy (non-hydrogen) atoms. The molecule has 44 valence electrons. The minimum atomic E-state index is -0.595. The first-order valence-electron chi connectivity index (χ1n) is 2.85. The average Bonchev–Trinajstić information content (AvgIpc) is 1.30. The van der Waals surface area contributed by atoms with E-state index >= 15 is 0 Å². The van der Waals surface area contributed by atoms with Crippen LogP contribution in [0, 0.1) is 0 Å². The number of rotatable bonds is 2. The van der Waals surface area contributed by atoms with Gasteiger partial charge >= 0.3 is 55.2 Å². The SMILES string of the molecule is CCC[Si](C)(C)[AsH2]. The molecule has 0 aromatic rings. The molecule has 0 saturated carbocycles. The van der Waals surface area contributed by atoms with E-state index in [1.165, 1.54) is 12.5 Å². The van der Waals surface area contributed by atoms with Crippen molar-refractivity contribution in [2.24, 2.45) is 0 Å². The molecule has 0 rings (SSSR count). The van der Waals surface area contributed by atoms with Crippen molar-refractivity contribution in [3.63, 3.8) is 0 Å². The Morgan fingerprint density at radius 1 is 1.43 bits per heavy atom. The molecular weight excluding hydrogens is 163 g/mol. The van der Waals surface area contributed by atoms with Gasteiger partial charge in [0.1, 0.15) is 0 Å². The molecule has 0 fully saturated rings. The molecule has 0 nitrogen and oxygen atoms in total. The van der Waals surface area contributed by atoms with E-state index in [1.807, 2.05) is 16.2 Å². The van der Waals surface area contributed by atoms with Crippen molar-refractivity contribution in [1.82, 2.24) is 0 Å². The predicted molar refractivity (Wildman–Crippen MR) is 41.1 cm³/mol. The number of hydrogen-bond acceptors (Lipinski definition) is 0. The van der Waals surface area contributed by atoms with E-state index in [1.54, 1.807) is 0 Å². The van der Waals surface area contributed by atoms with Gasteiger partial charge in [-0.1, -0.05) is 0 Å². The van der Waals surface area contributed by atoms with E-state index in [-0.39, 0.29) is 0 Å². The van der Waals surface area contributed by atoms with Gasteiger partial charge in [0.15, 0.2) is 0 Å². The van der Waals surface area contributed by atoms with Crippen molar-refractivity contribution in [3.05, 3.63) is 0 Å². The zero-order chi connectivity index (χ0) is 5.91. The van der Waals surface area contributed by atoms with Crippen molar-refractivity contribution >= 4 is 22.7 Å². The summed E-state index contributed by atoms with van der Waals surface area (Å²) in [5.41, 5.74) is 0. The van der Waals surface area contributed by atoms with Gasteiger partial charge in [-0.3, -0.25) is 0 Å². The summed E-state index contributed by atoms with van der Waals surface area (Å²) in [6.45, 7) is 6.56. The summed E-state index contributed by atoms with van der Waals surface area (Å²) in [5.74, 6) is 0. The van der Waals surface area contributed by atoms with E-state index in [4.69, 9.17) is 0 Å². The Balaban J connectivity index is 3.15. The molecular formula is C5H15AsSi. The van der Waals surface area contributed by atoms with Gasteiger partial charge in [-0.2, -0.15) is 0 Å². The van der Waals surface area contributed by atoms with E-state index < -0.39 is 6.54 Å². The Kier molecular flexibility index (Phi) is 3.26. The Morgan fingerprint density at radius 3 is 1.86 bits per heavy atom. The summed E-state index contributed by atoms with van der Waals surface area (Å²) in [5, 5.41) is 0. The third-order valence-electron chi connectivity index (χ3n) is 0.894. The standard InChI is InChI=1S/C5H15AsSi/c1-4-5-7(2,3)6/h4-6H2,1-3H3. The summed E-state index contributed by atoms with van der Waals surface area (Å²) >= 11 is 1.99. The third-order valence-corrected chi connectivity index (χ3v) is 4.50. The van der Waals surface area contributed by atoms with Gasteiger partial charge in [-0.05, 0) is 0 Å². The summed E-state index contributed by atoms with van der Waals surface area (Å²) in [7, 11) is 0. The fraction of sp³-hybridized carbons (Fsp3) is 1.00. The van der Waals surface area contributed by atoms with Gasteiger partial charge in [0.2, 0.25) is 0 Å². The van der Waals surface area contributed by atoms with E-state index in [9.17, 15) is 0 Å². The van der Waals surface area contributed by atoms with Gasteiger partial charge < -0.3 is 0 Å². The minimum absolute atomic E-state index is 0.595. The van der Waals surface area contributed by atoms with Crippen LogP contribution in [0.2, 0.25) is 19.1 Å². The molecule has 0 aliphatic rings. The van der Waals surface area contributed by atoms with Crippen LogP contribution < -0.4 is 0 Å². The van der Waals surface area contributed by atoms with Crippen LogP contribution in [0.3, 0.4) is 0 Å². The molecule has 1 unspecified atom stereocenters. The fourth-order valence-electron chi connectivity index (χ4n) is 0.644. The first kappa shape index (κ1) is 7.78. The van der Waals surface area contributed by atoms with Crippen LogP contribution in [-0.4, -0.2) is 22.7 Å². The normalized spacial score (nSPS) is 12.0. The summed E-state index contributed by atoms with van der Waals surface area (Å²) < 4.78 is 0. The van der Waals surface area contributed by atoms with Crippen molar-refractivity contribution < 1.29 is 0 Å². The molecule has 0 aromatic heterocycles. The second-order valence-electron chi connectivity index (χ2n) is 2.74. The van der Waals surface area contributed by atoms with Gasteiger partial charge in [-0.15, -0.1) is 0 Å². The molecule has 0 heterocycles.